The van der Waals surface area contributed by atoms with Crippen LogP contribution in [0.5, 0.6) is 5.88 Å². The minimum atomic E-state index is -1.26. The summed E-state index contributed by atoms with van der Waals surface area (Å²) < 4.78 is 9.15. The summed E-state index contributed by atoms with van der Waals surface area (Å²) in [7, 11) is 0. The van der Waals surface area contributed by atoms with Gasteiger partial charge in [0.1, 0.15) is 6.61 Å². The number of tetrazole rings is 1. The first-order valence-electron chi connectivity index (χ1n) is 12.3. The molecule has 0 bridgehead atoms. The lowest BCUT2D eigenvalue weighted by Crippen LogP contribution is -2.08. The Bertz CT molecular complexity index is 1770. The number of ether oxygens (including phenoxy) is 1. The second-order valence-electron chi connectivity index (χ2n) is 8.92. The van der Waals surface area contributed by atoms with Gasteiger partial charge in [-0.3, -0.25) is 0 Å². The maximum Gasteiger partial charge on any atom is 0.337 e. The number of nitrogens with zero attached hydrogens (tertiary/aromatic N) is 6. The molecular formula is C28H22N6O7S. The van der Waals surface area contributed by atoms with Crippen LogP contribution in [0, 0.1) is 6.92 Å². The van der Waals surface area contributed by atoms with Crippen LogP contribution in [-0.4, -0.2) is 63.2 Å². The lowest BCUT2D eigenvalue weighted by molar-refractivity contribution is 0.0681. The van der Waals surface area contributed by atoms with Gasteiger partial charge in [-0.25, -0.2) is 19.1 Å². The largest absolute Gasteiger partial charge is 0.478 e. The molecule has 0 saturated carbocycles. The molecule has 0 unspecified atom stereocenters. The molecule has 0 amide bonds. The number of thioether (sulfide) groups is 1. The molecule has 0 radical (unpaired) electrons. The van der Waals surface area contributed by atoms with Gasteiger partial charge in [0, 0.05) is 11.3 Å². The number of rotatable bonds is 11. The summed E-state index contributed by atoms with van der Waals surface area (Å²) in [5, 5.41) is 45.3. The molecule has 42 heavy (non-hydrogen) atoms. The van der Waals surface area contributed by atoms with Crippen molar-refractivity contribution >= 4 is 29.7 Å². The van der Waals surface area contributed by atoms with Crippen LogP contribution >= 0.6 is 11.8 Å². The van der Waals surface area contributed by atoms with Crippen LogP contribution in [0.1, 0.15) is 47.9 Å². The maximum atomic E-state index is 11.8. The highest BCUT2D eigenvalue weighted by Crippen LogP contribution is 2.33. The Morgan fingerprint density at radius 2 is 1.52 bits per heavy atom. The van der Waals surface area contributed by atoms with E-state index < -0.39 is 17.9 Å². The Balaban J connectivity index is 1.49. The summed E-state index contributed by atoms with van der Waals surface area (Å²) in [4.78, 5) is 34.9. The molecule has 0 aliphatic heterocycles. The zero-order chi connectivity index (χ0) is 29.8. The van der Waals surface area contributed by atoms with E-state index in [9.17, 15) is 29.7 Å². The number of hydrogen-bond donors (Lipinski definition) is 3. The fourth-order valence-corrected chi connectivity index (χ4v) is 5.12. The van der Waals surface area contributed by atoms with Gasteiger partial charge in [-0.1, -0.05) is 42.1 Å². The quantitative estimate of drug-likeness (QED) is 0.189. The molecule has 3 aromatic carbocycles. The van der Waals surface area contributed by atoms with E-state index in [0.717, 1.165) is 6.07 Å². The molecule has 0 aliphatic rings. The topological polar surface area (TPSA) is 183 Å². The lowest BCUT2D eigenvalue weighted by atomic mass is 10.1. The fraction of sp³-hybridized carbons (Fsp3) is 0.107. The predicted molar refractivity (Wildman–Crippen MR) is 149 cm³/mol. The number of carboxylic acid groups (broad SMARTS) is 3. The number of carboxylic acids is 3. The third kappa shape index (κ3) is 5.83. The monoisotopic (exact) mass is 586 g/mol. The SMILES string of the molecule is Cc1nn(-c2ccccc2)c(OCc2cc(C(=O)O)cc(C(=O)O)c2)c1CSc1nnnn1-c1ccccc1C(=O)O. The van der Waals surface area contributed by atoms with Gasteiger partial charge in [0.25, 0.3) is 0 Å². The smallest absolute Gasteiger partial charge is 0.337 e. The summed E-state index contributed by atoms with van der Waals surface area (Å²) in [6, 6.07) is 19.4. The molecule has 0 atom stereocenters. The van der Waals surface area contributed by atoms with Crippen molar-refractivity contribution in [3.05, 3.63) is 106 Å². The van der Waals surface area contributed by atoms with Gasteiger partial charge in [0.15, 0.2) is 0 Å². The Morgan fingerprint density at radius 1 is 0.857 bits per heavy atom. The Kier molecular flexibility index (Phi) is 7.97. The van der Waals surface area contributed by atoms with E-state index in [4.69, 9.17) is 4.74 Å². The van der Waals surface area contributed by atoms with Crippen LogP contribution in [0.3, 0.4) is 0 Å². The van der Waals surface area contributed by atoms with Gasteiger partial charge >= 0.3 is 17.9 Å². The maximum absolute atomic E-state index is 11.8. The van der Waals surface area contributed by atoms with Crippen molar-refractivity contribution in [2.24, 2.45) is 0 Å². The Morgan fingerprint density at radius 3 is 2.19 bits per heavy atom. The number of aryl methyl sites for hydroxylation is 1. The van der Waals surface area contributed by atoms with Crippen molar-refractivity contribution in [2.75, 3.05) is 0 Å². The van der Waals surface area contributed by atoms with E-state index in [1.54, 1.807) is 29.8 Å². The number of carbonyl (C=O) groups is 3. The number of benzene rings is 3. The molecule has 5 rings (SSSR count). The zero-order valence-corrected chi connectivity index (χ0v) is 22.7. The van der Waals surface area contributed by atoms with Gasteiger partial charge in [-0.15, -0.1) is 5.10 Å². The molecule has 0 fully saturated rings. The Hall–Kier alpha value is -5.50. The van der Waals surface area contributed by atoms with Gasteiger partial charge < -0.3 is 20.1 Å². The highest BCUT2D eigenvalue weighted by atomic mass is 32.2. The number of aromatic nitrogens is 6. The van der Waals surface area contributed by atoms with Crippen LogP contribution in [0.15, 0.2) is 78.0 Å². The molecule has 2 aromatic heterocycles. The van der Waals surface area contributed by atoms with E-state index in [-0.39, 0.29) is 29.1 Å². The zero-order valence-electron chi connectivity index (χ0n) is 21.9. The molecule has 5 aromatic rings. The van der Waals surface area contributed by atoms with Crippen LogP contribution in [0.4, 0.5) is 0 Å². The summed E-state index contributed by atoms with van der Waals surface area (Å²) in [6.07, 6.45) is 0. The summed E-state index contributed by atoms with van der Waals surface area (Å²) >= 11 is 1.24. The molecule has 2 heterocycles. The van der Waals surface area contributed by atoms with Crippen molar-refractivity contribution in [2.45, 2.75) is 24.4 Å². The molecule has 3 N–H and O–H groups in total. The van der Waals surface area contributed by atoms with Crippen LogP contribution < -0.4 is 4.74 Å². The minimum Gasteiger partial charge on any atom is -0.478 e. The molecule has 14 heteroatoms. The van der Waals surface area contributed by atoms with Gasteiger partial charge in [0.2, 0.25) is 11.0 Å². The molecule has 212 valence electrons. The first-order valence-corrected chi connectivity index (χ1v) is 13.3. The van der Waals surface area contributed by atoms with Crippen molar-refractivity contribution < 1.29 is 34.4 Å². The van der Waals surface area contributed by atoms with E-state index in [2.05, 4.69) is 20.6 Å². The lowest BCUT2D eigenvalue weighted by Gasteiger charge is -2.13. The van der Waals surface area contributed by atoms with E-state index >= 15 is 0 Å². The van der Waals surface area contributed by atoms with Gasteiger partial charge in [0.05, 0.1) is 33.8 Å². The normalized spacial score (nSPS) is 10.9. The third-order valence-corrected chi connectivity index (χ3v) is 7.10. The highest BCUT2D eigenvalue weighted by molar-refractivity contribution is 7.98. The summed E-state index contributed by atoms with van der Waals surface area (Å²) in [5.74, 6) is -3.01. The van der Waals surface area contributed by atoms with Crippen LogP contribution in [0.25, 0.3) is 11.4 Å². The predicted octanol–water partition coefficient (Wildman–Crippen LogP) is 4.12. The first kappa shape index (κ1) is 28.0. The molecule has 0 spiro atoms. The molecule has 13 nitrogen and oxygen atoms in total. The number of para-hydroxylation sites is 2. The van der Waals surface area contributed by atoms with Crippen molar-refractivity contribution in [3.63, 3.8) is 0 Å². The standard InChI is InChI=1S/C28H22N6O7S/c1-16-22(15-42-28-29-31-32-34(28)23-10-6-5-9-21(23)27(39)40)24(33(30-16)20-7-3-2-4-8-20)41-14-17-11-18(25(35)36)13-19(12-17)26(37)38/h2-13H,14-15H2,1H3,(H,35,36)(H,37,38)(H,39,40). The van der Waals surface area contributed by atoms with Crippen LogP contribution in [-0.2, 0) is 12.4 Å². The van der Waals surface area contributed by atoms with Crippen LogP contribution in [0.2, 0.25) is 0 Å². The second-order valence-corrected chi connectivity index (χ2v) is 9.86. The van der Waals surface area contributed by atoms with Gasteiger partial charge in [-0.05, 0) is 65.4 Å². The van der Waals surface area contributed by atoms with Gasteiger partial charge in [-0.2, -0.15) is 9.78 Å². The molecule has 0 aliphatic carbocycles. The van der Waals surface area contributed by atoms with Crippen molar-refractivity contribution in [1.82, 2.24) is 30.0 Å². The van der Waals surface area contributed by atoms with E-state index in [1.807, 2.05) is 30.3 Å². The fourth-order valence-electron chi connectivity index (χ4n) is 4.17. The first-order chi connectivity index (χ1) is 20.2. The summed E-state index contributed by atoms with van der Waals surface area (Å²) in [5.41, 5.74) is 2.35. The third-order valence-electron chi connectivity index (χ3n) is 6.15. The van der Waals surface area contributed by atoms with E-state index in [0.29, 0.717) is 39.2 Å². The van der Waals surface area contributed by atoms with Crippen molar-refractivity contribution in [3.8, 4) is 17.3 Å². The average molecular weight is 587 g/mol. The number of aromatic carboxylic acids is 3. The molecular weight excluding hydrogens is 564 g/mol. The second kappa shape index (κ2) is 11.9. The van der Waals surface area contributed by atoms with Crippen molar-refractivity contribution in [1.29, 1.82) is 0 Å². The highest BCUT2D eigenvalue weighted by Gasteiger charge is 2.22. The molecule has 0 saturated heterocycles. The summed E-state index contributed by atoms with van der Waals surface area (Å²) in [6.45, 7) is 1.67. The average Bonchev–Trinajstić information content (AvgIpc) is 3.58. The van der Waals surface area contributed by atoms with E-state index in [1.165, 1.54) is 34.6 Å². The Labute approximate surface area is 242 Å². The number of hydrogen-bond acceptors (Lipinski definition) is 9. The minimum absolute atomic E-state index is 0.0353.